The summed E-state index contributed by atoms with van der Waals surface area (Å²) in [5.41, 5.74) is 0. The van der Waals surface area contributed by atoms with Crippen LogP contribution in [0.25, 0.3) is 0 Å². The second-order valence-electron chi connectivity index (χ2n) is 5.27. The lowest BCUT2D eigenvalue weighted by Crippen LogP contribution is -2.34. The van der Waals surface area contributed by atoms with Crippen LogP contribution in [0.1, 0.15) is 40.5 Å². The summed E-state index contributed by atoms with van der Waals surface area (Å²) in [5.74, 6) is 0.955. The molecule has 0 spiro atoms. The molecular weight excluding hydrogens is 286 g/mol. The molecule has 0 fully saturated rings. The third kappa shape index (κ3) is 4.97. The van der Waals surface area contributed by atoms with Crippen molar-refractivity contribution in [1.82, 2.24) is 9.29 Å². The Morgan fingerprint density at radius 2 is 2.05 bits per heavy atom. The van der Waals surface area contributed by atoms with Crippen LogP contribution in [-0.4, -0.2) is 37.3 Å². The van der Waals surface area contributed by atoms with Gasteiger partial charge in [-0.15, -0.1) is 0 Å². The molecule has 1 aromatic rings. The van der Waals surface area contributed by atoms with Crippen molar-refractivity contribution in [3.05, 3.63) is 18.3 Å². The minimum absolute atomic E-state index is 0.307. The van der Waals surface area contributed by atoms with Gasteiger partial charge in [-0.1, -0.05) is 34.1 Å². The van der Waals surface area contributed by atoms with Crippen LogP contribution in [0.2, 0.25) is 0 Å². The Morgan fingerprint density at radius 3 is 2.62 bits per heavy atom. The first-order valence-electron chi connectivity index (χ1n) is 7.65. The molecule has 0 amide bonds. The summed E-state index contributed by atoms with van der Waals surface area (Å²) >= 11 is 0. The minimum Gasteiger partial charge on any atom is -0.370 e. The monoisotopic (exact) mass is 313 g/mol. The Labute approximate surface area is 128 Å². The maximum atomic E-state index is 12.7. The van der Waals surface area contributed by atoms with Gasteiger partial charge in [0, 0.05) is 31.9 Å². The van der Waals surface area contributed by atoms with Crippen LogP contribution in [0.4, 0.5) is 5.82 Å². The van der Waals surface area contributed by atoms with Crippen molar-refractivity contribution < 1.29 is 8.42 Å². The lowest BCUT2D eigenvalue weighted by atomic mass is 10.1. The highest BCUT2D eigenvalue weighted by atomic mass is 32.2. The Morgan fingerprint density at radius 1 is 1.33 bits per heavy atom. The number of hydrogen-bond acceptors (Lipinski definition) is 4. The van der Waals surface area contributed by atoms with Gasteiger partial charge in [0.15, 0.2) is 0 Å². The first-order chi connectivity index (χ1) is 9.95. The van der Waals surface area contributed by atoms with Gasteiger partial charge >= 0.3 is 0 Å². The summed E-state index contributed by atoms with van der Waals surface area (Å²) in [7, 11) is -3.45. The third-order valence-electron chi connectivity index (χ3n) is 3.49. The Bertz CT molecular complexity index is 531. The van der Waals surface area contributed by atoms with E-state index in [0.29, 0.717) is 29.7 Å². The molecule has 0 saturated heterocycles. The van der Waals surface area contributed by atoms with Gasteiger partial charge in [0.25, 0.3) is 0 Å². The van der Waals surface area contributed by atoms with E-state index in [1.54, 1.807) is 22.6 Å². The molecule has 0 aliphatic rings. The molecule has 0 aromatic carbocycles. The summed E-state index contributed by atoms with van der Waals surface area (Å²) in [6, 6.07) is 3.18. The van der Waals surface area contributed by atoms with Crippen molar-refractivity contribution in [3.8, 4) is 0 Å². The van der Waals surface area contributed by atoms with E-state index in [-0.39, 0.29) is 0 Å². The maximum Gasteiger partial charge on any atom is 0.243 e. The second-order valence-corrected chi connectivity index (χ2v) is 7.21. The molecule has 1 rings (SSSR count). The van der Waals surface area contributed by atoms with Crippen molar-refractivity contribution in [2.75, 3.05) is 25.0 Å². The first-order valence-corrected chi connectivity index (χ1v) is 9.09. The van der Waals surface area contributed by atoms with Crippen LogP contribution in [0.5, 0.6) is 0 Å². The van der Waals surface area contributed by atoms with Crippen LogP contribution in [0.15, 0.2) is 23.2 Å². The lowest BCUT2D eigenvalue weighted by Gasteiger charge is -2.23. The van der Waals surface area contributed by atoms with Gasteiger partial charge in [0.1, 0.15) is 5.82 Å². The number of aromatic nitrogens is 1. The zero-order valence-corrected chi connectivity index (χ0v) is 14.3. The second kappa shape index (κ2) is 8.34. The van der Waals surface area contributed by atoms with Crippen molar-refractivity contribution in [3.63, 3.8) is 0 Å². The molecule has 1 N–H and O–H groups in total. The molecular formula is C15H27N3O2S. The fourth-order valence-corrected chi connectivity index (χ4v) is 3.53. The van der Waals surface area contributed by atoms with E-state index in [2.05, 4.69) is 31.1 Å². The van der Waals surface area contributed by atoms with E-state index in [0.717, 1.165) is 19.4 Å². The number of hydrogen-bond donors (Lipinski definition) is 1. The lowest BCUT2D eigenvalue weighted by molar-refractivity contribution is 0.361. The predicted molar refractivity (Wildman–Crippen MR) is 86.9 cm³/mol. The van der Waals surface area contributed by atoms with Crippen LogP contribution in [0.3, 0.4) is 0 Å². The Hall–Kier alpha value is -1.14. The maximum absolute atomic E-state index is 12.7. The van der Waals surface area contributed by atoms with Gasteiger partial charge in [0.2, 0.25) is 10.0 Å². The van der Waals surface area contributed by atoms with Crippen molar-refractivity contribution in [2.45, 2.75) is 45.4 Å². The van der Waals surface area contributed by atoms with E-state index in [1.807, 2.05) is 6.92 Å². The molecule has 1 unspecified atom stereocenters. The van der Waals surface area contributed by atoms with Crippen molar-refractivity contribution in [2.24, 2.45) is 5.92 Å². The molecule has 0 radical (unpaired) electrons. The zero-order valence-electron chi connectivity index (χ0n) is 13.5. The number of nitrogens with one attached hydrogen (secondary N) is 1. The Balaban J connectivity index is 2.99. The molecule has 0 aliphatic heterocycles. The fourth-order valence-electron chi connectivity index (χ4n) is 1.94. The molecule has 120 valence electrons. The minimum atomic E-state index is -3.45. The molecule has 0 bridgehead atoms. The normalized spacial score (nSPS) is 13.4. The average molecular weight is 313 g/mol. The molecule has 1 atom stereocenters. The molecule has 6 heteroatoms. The van der Waals surface area contributed by atoms with E-state index in [1.165, 1.54) is 0 Å². The highest BCUT2D eigenvalue weighted by Crippen LogP contribution is 2.19. The largest absolute Gasteiger partial charge is 0.370 e. The highest BCUT2D eigenvalue weighted by molar-refractivity contribution is 7.89. The molecule has 0 aliphatic carbocycles. The zero-order chi connectivity index (χ0) is 15.9. The number of sulfonamides is 1. The smallest absolute Gasteiger partial charge is 0.243 e. The topological polar surface area (TPSA) is 62.3 Å². The summed E-state index contributed by atoms with van der Waals surface area (Å²) < 4.78 is 27.0. The van der Waals surface area contributed by atoms with Gasteiger partial charge in [-0.05, 0) is 18.4 Å². The van der Waals surface area contributed by atoms with E-state index in [9.17, 15) is 8.42 Å². The molecule has 1 aromatic heterocycles. The molecule has 0 saturated carbocycles. The highest BCUT2D eigenvalue weighted by Gasteiger charge is 2.24. The number of pyridine rings is 1. The van der Waals surface area contributed by atoms with Crippen LogP contribution in [0, 0.1) is 5.92 Å². The standard InChI is InChI=1S/C15H27N3O2S/c1-5-9-16-15-11-14(8-10-17-15)21(19,20)18(7-3)12-13(4)6-2/h8,10-11,13H,5-7,9,12H2,1-4H3,(H,16,17). The van der Waals surface area contributed by atoms with Gasteiger partial charge in [-0.25, -0.2) is 13.4 Å². The average Bonchev–Trinajstić information content (AvgIpc) is 2.50. The van der Waals surface area contributed by atoms with Crippen LogP contribution >= 0.6 is 0 Å². The quantitative estimate of drug-likeness (QED) is 0.761. The van der Waals surface area contributed by atoms with Gasteiger partial charge in [-0.3, -0.25) is 0 Å². The van der Waals surface area contributed by atoms with Crippen molar-refractivity contribution in [1.29, 1.82) is 0 Å². The Kier molecular flexibility index (Phi) is 7.11. The van der Waals surface area contributed by atoms with E-state index >= 15 is 0 Å². The summed E-state index contributed by atoms with van der Waals surface area (Å²) in [5, 5.41) is 3.12. The fraction of sp³-hybridized carbons (Fsp3) is 0.667. The SMILES string of the molecule is CCCNc1cc(S(=O)(=O)N(CC)CC(C)CC)ccn1. The first kappa shape index (κ1) is 17.9. The van der Waals surface area contributed by atoms with Crippen molar-refractivity contribution >= 4 is 15.8 Å². The number of anilines is 1. The van der Waals surface area contributed by atoms with Crippen LogP contribution < -0.4 is 5.32 Å². The molecule has 21 heavy (non-hydrogen) atoms. The van der Waals surface area contributed by atoms with Crippen LogP contribution in [-0.2, 0) is 10.0 Å². The van der Waals surface area contributed by atoms with Gasteiger partial charge < -0.3 is 5.32 Å². The molecule has 5 nitrogen and oxygen atoms in total. The summed E-state index contributed by atoms with van der Waals surface area (Å²) in [6.45, 7) is 9.88. The van der Waals surface area contributed by atoms with Gasteiger partial charge in [0.05, 0.1) is 4.90 Å². The summed E-state index contributed by atoms with van der Waals surface area (Å²) in [4.78, 5) is 4.47. The number of nitrogens with zero attached hydrogens (tertiary/aromatic N) is 2. The number of rotatable bonds is 9. The predicted octanol–water partition coefficient (Wildman–Crippen LogP) is 2.96. The van der Waals surface area contributed by atoms with E-state index < -0.39 is 10.0 Å². The summed E-state index contributed by atoms with van der Waals surface area (Å²) in [6.07, 6.45) is 3.47. The van der Waals surface area contributed by atoms with Gasteiger partial charge in [-0.2, -0.15) is 4.31 Å². The third-order valence-corrected chi connectivity index (χ3v) is 5.43. The van der Waals surface area contributed by atoms with E-state index in [4.69, 9.17) is 0 Å². The molecule has 1 heterocycles.